The maximum atomic E-state index is 13.7. The van der Waals surface area contributed by atoms with Gasteiger partial charge < -0.3 is 0 Å². The molecule has 0 bridgehead atoms. The van der Waals surface area contributed by atoms with E-state index in [9.17, 15) is 8.78 Å². The number of hydrogen-bond donors (Lipinski definition) is 2. The van der Waals surface area contributed by atoms with Crippen LogP contribution in [0.15, 0.2) is 30.5 Å². The van der Waals surface area contributed by atoms with Crippen molar-refractivity contribution in [3.8, 4) is 0 Å². The molecule has 0 fully saturated rings. The molecular formula is C12H12F2N4. The van der Waals surface area contributed by atoms with Crippen molar-refractivity contribution in [2.45, 2.75) is 13.0 Å². The standard InChI is InChI=1S/C12H12F2N4/c1-7-16-6-5-10(17-7)12(18-15)8-3-2-4-9(13)11(8)14/h2-6,12,18H,15H2,1H3. The lowest BCUT2D eigenvalue weighted by molar-refractivity contribution is 0.480. The van der Waals surface area contributed by atoms with Gasteiger partial charge in [0.15, 0.2) is 11.6 Å². The van der Waals surface area contributed by atoms with Crippen LogP contribution in [0.1, 0.15) is 23.1 Å². The predicted molar refractivity (Wildman–Crippen MR) is 62.3 cm³/mol. The Bertz CT molecular complexity index is 560. The molecular weight excluding hydrogens is 238 g/mol. The summed E-state index contributed by atoms with van der Waals surface area (Å²) in [6.07, 6.45) is 1.54. The highest BCUT2D eigenvalue weighted by Crippen LogP contribution is 2.23. The fourth-order valence-electron chi connectivity index (χ4n) is 1.71. The van der Waals surface area contributed by atoms with Crippen molar-refractivity contribution >= 4 is 0 Å². The zero-order valence-corrected chi connectivity index (χ0v) is 9.69. The van der Waals surface area contributed by atoms with Crippen molar-refractivity contribution in [1.29, 1.82) is 0 Å². The molecule has 2 rings (SSSR count). The van der Waals surface area contributed by atoms with E-state index in [1.54, 1.807) is 19.2 Å². The average molecular weight is 250 g/mol. The van der Waals surface area contributed by atoms with E-state index in [4.69, 9.17) is 5.84 Å². The van der Waals surface area contributed by atoms with Crippen LogP contribution >= 0.6 is 0 Å². The van der Waals surface area contributed by atoms with Gasteiger partial charge in [-0.05, 0) is 19.1 Å². The van der Waals surface area contributed by atoms with Gasteiger partial charge in [0.25, 0.3) is 0 Å². The number of nitrogens with one attached hydrogen (secondary N) is 1. The van der Waals surface area contributed by atoms with Crippen molar-refractivity contribution in [3.05, 3.63) is 59.2 Å². The monoisotopic (exact) mass is 250 g/mol. The topological polar surface area (TPSA) is 63.8 Å². The van der Waals surface area contributed by atoms with Gasteiger partial charge in [-0.2, -0.15) is 0 Å². The van der Waals surface area contributed by atoms with Crippen molar-refractivity contribution in [2.75, 3.05) is 0 Å². The Morgan fingerprint density at radius 3 is 2.72 bits per heavy atom. The molecule has 1 aromatic carbocycles. The number of nitrogens with two attached hydrogens (primary N) is 1. The smallest absolute Gasteiger partial charge is 0.164 e. The van der Waals surface area contributed by atoms with Crippen molar-refractivity contribution in [3.63, 3.8) is 0 Å². The third-order valence-corrected chi connectivity index (χ3v) is 2.55. The third kappa shape index (κ3) is 2.34. The van der Waals surface area contributed by atoms with Crippen LogP contribution in [0.4, 0.5) is 8.78 Å². The number of nitrogens with zero attached hydrogens (tertiary/aromatic N) is 2. The first-order valence-electron chi connectivity index (χ1n) is 5.33. The van der Waals surface area contributed by atoms with Crippen molar-refractivity contribution < 1.29 is 8.78 Å². The number of rotatable bonds is 3. The van der Waals surface area contributed by atoms with Gasteiger partial charge in [0.1, 0.15) is 5.82 Å². The van der Waals surface area contributed by atoms with Crippen LogP contribution in [-0.4, -0.2) is 9.97 Å². The Hall–Kier alpha value is -1.92. The highest BCUT2D eigenvalue weighted by Gasteiger charge is 2.20. The van der Waals surface area contributed by atoms with Crippen LogP contribution < -0.4 is 11.3 Å². The second-order valence-corrected chi connectivity index (χ2v) is 3.77. The first-order valence-corrected chi connectivity index (χ1v) is 5.33. The lowest BCUT2D eigenvalue weighted by atomic mass is 10.0. The molecule has 18 heavy (non-hydrogen) atoms. The molecule has 6 heteroatoms. The molecule has 0 radical (unpaired) electrons. The van der Waals surface area contributed by atoms with E-state index in [0.717, 1.165) is 6.07 Å². The molecule has 0 aliphatic carbocycles. The molecule has 3 N–H and O–H groups in total. The fourth-order valence-corrected chi connectivity index (χ4v) is 1.71. The summed E-state index contributed by atoms with van der Waals surface area (Å²) in [7, 11) is 0. The molecule has 1 unspecified atom stereocenters. The number of hydrazine groups is 1. The second kappa shape index (κ2) is 5.16. The molecule has 0 spiro atoms. The lowest BCUT2D eigenvalue weighted by Gasteiger charge is -2.16. The van der Waals surface area contributed by atoms with E-state index in [-0.39, 0.29) is 5.56 Å². The summed E-state index contributed by atoms with van der Waals surface area (Å²) in [5.41, 5.74) is 3.02. The van der Waals surface area contributed by atoms with Gasteiger partial charge in [-0.25, -0.2) is 24.2 Å². The second-order valence-electron chi connectivity index (χ2n) is 3.77. The Morgan fingerprint density at radius 1 is 1.28 bits per heavy atom. The van der Waals surface area contributed by atoms with Crippen LogP contribution in [0.25, 0.3) is 0 Å². The Kier molecular flexibility index (Phi) is 3.59. The maximum Gasteiger partial charge on any atom is 0.164 e. The third-order valence-electron chi connectivity index (χ3n) is 2.55. The average Bonchev–Trinajstić information content (AvgIpc) is 2.35. The molecule has 94 valence electrons. The molecule has 2 aromatic rings. The van der Waals surface area contributed by atoms with E-state index >= 15 is 0 Å². The Balaban J connectivity index is 2.49. The van der Waals surface area contributed by atoms with Gasteiger partial charge in [0.2, 0.25) is 0 Å². The van der Waals surface area contributed by atoms with E-state index in [0.29, 0.717) is 11.5 Å². The number of aryl methyl sites for hydroxylation is 1. The largest absolute Gasteiger partial charge is 0.271 e. The number of benzene rings is 1. The quantitative estimate of drug-likeness (QED) is 0.641. The maximum absolute atomic E-state index is 13.7. The normalized spacial score (nSPS) is 12.4. The van der Waals surface area contributed by atoms with Crippen molar-refractivity contribution in [1.82, 2.24) is 15.4 Å². The predicted octanol–water partition coefficient (Wildman–Crippen LogP) is 1.62. The van der Waals surface area contributed by atoms with Crippen LogP contribution in [0.3, 0.4) is 0 Å². The van der Waals surface area contributed by atoms with Gasteiger partial charge in [0, 0.05) is 11.8 Å². The van der Waals surface area contributed by atoms with Gasteiger partial charge in [-0.1, -0.05) is 12.1 Å². The molecule has 1 aromatic heterocycles. The molecule has 0 amide bonds. The SMILES string of the molecule is Cc1nccc(C(NN)c2cccc(F)c2F)n1. The van der Waals surface area contributed by atoms with Crippen LogP contribution in [0.2, 0.25) is 0 Å². The van der Waals surface area contributed by atoms with E-state index in [1.165, 1.54) is 12.1 Å². The minimum atomic E-state index is -0.934. The lowest BCUT2D eigenvalue weighted by Crippen LogP contribution is -2.30. The fraction of sp³-hybridized carbons (Fsp3) is 0.167. The zero-order valence-electron chi connectivity index (χ0n) is 9.69. The first kappa shape index (κ1) is 12.5. The van der Waals surface area contributed by atoms with E-state index in [1.807, 2.05) is 0 Å². The van der Waals surface area contributed by atoms with Crippen molar-refractivity contribution in [2.24, 2.45) is 5.84 Å². The zero-order chi connectivity index (χ0) is 13.1. The number of halogens is 2. The molecule has 0 aliphatic rings. The summed E-state index contributed by atoms with van der Waals surface area (Å²) in [5.74, 6) is 4.09. The summed E-state index contributed by atoms with van der Waals surface area (Å²) in [5, 5.41) is 0. The summed E-state index contributed by atoms with van der Waals surface area (Å²) in [6.45, 7) is 1.71. The minimum absolute atomic E-state index is 0.107. The van der Waals surface area contributed by atoms with Gasteiger partial charge in [0.05, 0.1) is 11.7 Å². The van der Waals surface area contributed by atoms with E-state index in [2.05, 4.69) is 15.4 Å². The molecule has 0 aliphatic heterocycles. The summed E-state index contributed by atoms with van der Waals surface area (Å²) in [4.78, 5) is 8.09. The molecule has 1 atom stereocenters. The van der Waals surface area contributed by atoms with Crippen LogP contribution in [0.5, 0.6) is 0 Å². The van der Waals surface area contributed by atoms with E-state index < -0.39 is 17.7 Å². The summed E-state index contributed by atoms with van der Waals surface area (Å²) >= 11 is 0. The number of aromatic nitrogens is 2. The van der Waals surface area contributed by atoms with Gasteiger partial charge in [-0.3, -0.25) is 5.84 Å². The first-order chi connectivity index (χ1) is 8.63. The molecule has 0 saturated heterocycles. The summed E-state index contributed by atoms with van der Waals surface area (Å²) < 4.78 is 26.9. The molecule has 0 saturated carbocycles. The van der Waals surface area contributed by atoms with Crippen LogP contribution in [0, 0.1) is 18.6 Å². The van der Waals surface area contributed by atoms with Gasteiger partial charge >= 0.3 is 0 Å². The van der Waals surface area contributed by atoms with Crippen LogP contribution in [-0.2, 0) is 0 Å². The summed E-state index contributed by atoms with van der Waals surface area (Å²) in [6, 6.07) is 4.81. The Morgan fingerprint density at radius 2 is 2.06 bits per heavy atom. The molecule has 1 heterocycles. The number of hydrogen-bond acceptors (Lipinski definition) is 4. The highest BCUT2D eigenvalue weighted by molar-refractivity contribution is 5.29. The highest BCUT2D eigenvalue weighted by atomic mass is 19.2. The Labute approximate surface area is 103 Å². The molecule has 4 nitrogen and oxygen atoms in total. The van der Waals surface area contributed by atoms with Gasteiger partial charge in [-0.15, -0.1) is 0 Å². The minimum Gasteiger partial charge on any atom is -0.271 e.